The number of anilines is 4. The van der Waals surface area contributed by atoms with Gasteiger partial charge in [-0.1, -0.05) is 12.1 Å². The minimum Gasteiger partial charge on any atom is -0.350 e. The van der Waals surface area contributed by atoms with Crippen molar-refractivity contribution in [2.24, 2.45) is 0 Å². The molecule has 36 heavy (non-hydrogen) atoms. The number of hydrogen-bond acceptors (Lipinski definition) is 6. The van der Waals surface area contributed by atoms with Gasteiger partial charge in [0.05, 0.1) is 6.20 Å². The van der Waals surface area contributed by atoms with Gasteiger partial charge in [-0.15, -0.1) is 0 Å². The third kappa shape index (κ3) is 4.99. The van der Waals surface area contributed by atoms with E-state index in [0.29, 0.717) is 23.7 Å². The fourth-order valence-electron chi connectivity index (χ4n) is 4.61. The third-order valence-corrected chi connectivity index (χ3v) is 6.34. The van der Waals surface area contributed by atoms with Gasteiger partial charge in [0.1, 0.15) is 17.5 Å². The molecule has 0 bridgehead atoms. The largest absolute Gasteiger partial charge is 0.350 e. The van der Waals surface area contributed by atoms with E-state index in [2.05, 4.69) is 20.5 Å². The van der Waals surface area contributed by atoms with Crippen LogP contribution in [0.1, 0.15) is 42.6 Å². The number of fused-ring (bicyclic) bond motifs is 3. The number of carbonyl (C=O) groups excluding carboxylic acids is 2. The second-order valence-corrected chi connectivity index (χ2v) is 9.07. The summed E-state index contributed by atoms with van der Waals surface area (Å²) >= 11 is 0. The van der Waals surface area contributed by atoms with Gasteiger partial charge in [0.25, 0.3) is 5.91 Å². The summed E-state index contributed by atoms with van der Waals surface area (Å²) in [5.74, 6) is 0.749. The molecule has 1 aromatic heterocycles. The van der Waals surface area contributed by atoms with Crippen molar-refractivity contribution in [3.8, 4) is 0 Å². The Morgan fingerprint density at radius 2 is 1.86 bits per heavy atom. The van der Waals surface area contributed by atoms with Crippen molar-refractivity contribution in [3.63, 3.8) is 0 Å². The van der Waals surface area contributed by atoms with E-state index < -0.39 is 0 Å². The number of hydrogen-bond donors (Lipinski definition) is 2. The highest BCUT2D eigenvalue weighted by atomic mass is 32.1. The van der Waals surface area contributed by atoms with Crippen LogP contribution in [0.5, 0.6) is 0 Å². The van der Waals surface area contributed by atoms with Crippen LogP contribution in [0.15, 0.2) is 54.7 Å². The molecule has 2 aliphatic heterocycles. The maximum absolute atomic E-state index is 13.1. The third-order valence-electron chi connectivity index (χ3n) is 6.34. The number of halogens is 1. The molecule has 8 nitrogen and oxygen atoms in total. The molecule has 2 amide bonds. The van der Waals surface area contributed by atoms with E-state index >= 15 is 0 Å². The molecule has 2 N–H and O–H groups in total. The lowest BCUT2D eigenvalue weighted by atomic mass is 10.1. The molecule has 5 rings (SSSR count). The van der Waals surface area contributed by atoms with Crippen molar-refractivity contribution in [1.82, 2.24) is 9.97 Å². The average molecular weight is 509 g/mol. The molecule has 188 valence electrons. The SMILES string of the molecule is CC(C)N1C(=O)[C@@H]2CCCN2c2nc(NCc3ccc(NC(=O)c4ccc(F)cc4)cc3)ncc21.S. The zero-order valence-electron chi connectivity index (χ0n) is 20.2. The van der Waals surface area contributed by atoms with E-state index in [1.54, 1.807) is 6.20 Å². The van der Waals surface area contributed by atoms with Gasteiger partial charge < -0.3 is 20.4 Å². The smallest absolute Gasteiger partial charge is 0.255 e. The van der Waals surface area contributed by atoms with E-state index in [9.17, 15) is 14.0 Å². The van der Waals surface area contributed by atoms with E-state index in [-0.39, 0.29) is 43.2 Å². The second-order valence-electron chi connectivity index (χ2n) is 9.07. The molecule has 1 fully saturated rings. The highest BCUT2D eigenvalue weighted by Gasteiger charge is 2.42. The van der Waals surface area contributed by atoms with Crippen LogP contribution in [0.2, 0.25) is 0 Å². The number of benzene rings is 2. The number of amides is 2. The van der Waals surface area contributed by atoms with Gasteiger partial charge in [0.2, 0.25) is 11.9 Å². The van der Waals surface area contributed by atoms with E-state index in [1.165, 1.54) is 24.3 Å². The Kier molecular flexibility index (Phi) is 7.44. The lowest BCUT2D eigenvalue weighted by Gasteiger charge is -2.40. The maximum Gasteiger partial charge on any atom is 0.255 e. The molecule has 1 saturated heterocycles. The lowest BCUT2D eigenvalue weighted by molar-refractivity contribution is -0.120. The van der Waals surface area contributed by atoms with Gasteiger partial charge in [-0.2, -0.15) is 18.5 Å². The summed E-state index contributed by atoms with van der Waals surface area (Å²) in [4.78, 5) is 38.4. The Balaban J connectivity index is 0.00000304. The van der Waals surface area contributed by atoms with Crippen molar-refractivity contribution in [2.75, 3.05) is 27.0 Å². The Morgan fingerprint density at radius 1 is 1.14 bits per heavy atom. The Bertz CT molecular complexity index is 1250. The number of nitrogens with zero attached hydrogens (tertiary/aromatic N) is 4. The monoisotopic (exact) mass is 508 g/mol. The maximum atomic E-state index is 13.1. The predicted octanol–water partition coefficient (Wildman–Crippen LogP) is 4.32. The van der Waals surface area contributed by atoms with Crippen molar-refractivity contribution >= 4 is 48.5 Å². The van der Waals surface area contributed by atoms with Crippen LogP contribution in [0.4, 0.5) is 27.5 Å². The van der Waals surface area contributed by atoms with E-state index in [0.717, 1.165) is 36.5 Å². The molecule has 0 spiro atoms. The van der Waals surface area contributed by atoms with Crippen LogP contribution in [-0.4, -0.2) is 40.4 Å². The highest BCUT2D eigenvalue weighted by Crippen LogP contribution is 2.39. The number of nitrogens with one attached hydrogen (secondary N) is 2. The number of aromatic nitrogens is 2. The van der Waals surface area contributed by atoms with Gasteiger partial charge in [-0.3, -0.25) is 9.59 Å². The van der Waals surface area contributed by atoms with Crippen molar-refractivity contribution in [1.29, 1.82) is 0 Å². The minimum atomic E-state index is -0.382. The van der Waals surface area contributed by atoms with Crippen LogP contribution in [0.3, 0.4) is 0 Å². The first-order valence-corrected chi connectivity index (χ1v) is 11.8. The minimum absolute atomic E-state index is 0. The molecule has 0 saturated carbocycles. The summed E-state index contributed by atoms with van der Waals surface area (Å²) in [6, 6.07) is 12.7. The molecule has 2 aliphatic rings. The quantitative estimate of drug-likeness (QED) is 0.516. The van der Waals surface area contributed by atoms with Crippen LogP contribution in [0, 0.1) is 5.82 Å². The molecular formula is C26H29FN6O2S. The molecule has 0 unspecified atom stereocenters. The molecule has 1 atom stereocenters. The summed E-state index contributed by atoms with van der Waals surface area (Å²) in [7, 11) is 0. The van der Waals surface area contributed by atoms with Gasteiger partial charge in [0, 0.05) is 30.4 Å². The van der Waals surface area contributed by atoms with Crippen molar-refractivity contribution in [3.05, 3.63) is 71.7 Å². The topological polar surface area (TPSA) is 90.5 Å². The van der Waals surface area contributed by atoms with E-state index in [1.807, 2.05) is 43.0 Å². The summed E-state index contributed by atoms with van der Waals surface area (Å²) in [6.45, 7) is 5.33. The predicted molar refractivity (Wildman–Crippen MR) is 144 cm³/mol. The van der Waals surface area contributed by atoms with Crippen molar-refractivity contribution in [2.45, 2.75) is 45.3 Å². The van der Waals surface area contributed by atoms with Crippen LogP contribution in [0.25, 0.3) is 0 Å². The average Bonchev–Trinajstić information content (AvgIpc) is 3.35. The number of rotatable bonds is 6. The van der Waals surface area contributed by atoms with Gasteiger partial charge in [-0.05, 0) is 68.7 Å². The summed E-state index contributed by atoms with van der Waals surface area (Å²) < 4.78 is 13.1. The lowest BCUT2D eigenvalue weighted by Crippen LogP contribution is -2.53. The first-order valence-electron chi connectivity index (χ1n) is 11.8. The Hall–Kier alpha value is -3.66. The first kappa shape index (κ1) is 25.4. The van der Waals surface area contributed by atoms with Crippen LogP contribution in [-0.2, 0) is 11.3 Å². The number of carbonyl (C=O) groups is 2. The molecular weight excluding hydrogens is 479 g/mol. The Morgan fingerprint density at radius 3 is 2.56 bits per heavy atom. The first-order chi connectivity index (χ1) is 16.9. The molecule has 3 heterocycles. The standard InChI is InChI=1S/C26H27FN6O2.H2S/c1-16(2)33-22-15-29-26(31-23(22)32-13-3-4-21(32)25(33)35)28-14-17-5-11-20(12-6-17)30-24(34)18-7-9-19(27)10-8-18;/h5-12,15-16,21H,3-4,13-14H2,1-2H3,(H,30,34)(H,28,29,31);1H2/t21-;/m0./s1. The summed E-state index contributed by atoms with van der Waals surface area (Å²) in [5, 5.41) is 6.07. The van der Waals surface area contributed by atoms with Crippen LogP contribution >= 0.6 is 13.5 Å². The molecule has 2 aromatic carbocycles. The zero-order chi connectivity index (χ0) is 24.5. The highest BCUT2D eigenvalue weighted by molar-refractivity contribution is 7.59. The molecule has 0 aliphatic carbocycles. The second kappa shape index (κ2) is 10.5. The molecule has 10 heteroatoms. The Labute approximate surface area is 216 Å². The van der Waals surface area contributed by atoms with Gasteiger partial charge in [0.15, 0.2) is 5.82 Å². The van der Waals surface area contributed by atoms with Crippen molar-refractivity contribution < 1.29 is 14.0 Å². The molecule has 3 aromatic rings. The fraction of sp³-hybridized carbons (Fsp3) is 0.308. The van der Waals surface area contributed by atoms with Gasteiger partial charge in [-0.25, -0.2) is 9.37 Å². The summed E-state index contributed by atoms with van der Waals surface area (Å²) in [5.41, 5.74) is 2.78. The van der Waals surface area contributed by atoms with E-state index in [4.69, 9.17) is 4.98 Å². The van der Waals surface area contributed by atoms with Crippen LogP contribution < -0.4 is 20.4 Å². The summed E-state index contributed by atoms with van der Waals surface area (Å²) in [6.07, 6.45) is 3.54. The fourth-order valence-corrected chi connectivity index (χ4v) is 4.61. The van der Waals surface area contributed by atoms with Gasteiger partial charge >= 0.3 is 0 Å². The normalized spacial score (nSPS) is 16.3. The zero-order valence-corrected chi connectivity index (χ0v) is 21.2. The molecule has 0 radical (unpaired) electrons.